The van der Waals surface area contributed by atoms with E-state index >= 15 is 0 Å². The van der Waals surface area contributed by atoms with E-state index in [2.05, 4.69) is 26.6 Å². The summed E-state index contributed by atoms with van der Waals surface area (Å²) in [5.74, 6) is -2.79. The first kappa shape index (κ1) is 46.1. The molecule has 3 aliphatic heterocycles. The summed E-state index contributed by atoms with van der Waals surface area (Å²) in [6.07, 6.45) is 1.95. The summed E-state index contributed by atoms with van der Waals surface area (Å²) in [7, 11) is 0. The van der Waals surface area contributed by atoms with E-state index in [1.165, 1.54) is 6.07 Å². The molecule has 2 fully saturated rings. The summed E-state index contributed by atoms with van der Waals surface area (Å²) in [5.41, 5.74) is 4.07. The first-order valence-corrected chi connectivity index (χ1v) is 22.0. The third-order valence-corrected chi connectivity index (χ3v) is 11.4. The van der Waals surface area contributed by atoms with Crippen molar-refractivity contribution in [2.45, 2.75) is 44.3 Å². The van der Waals surface area contributed by atoms with Crippen molar-refractivity contribution in [1.29, 1.82) is 0 Å². The molecule has 0 radical (unpaired) electrons. The van der Waals surface area contributed by atoms with Crippen molar-refractivity contribution >= 4 is 64.3 Å². The van der Waals surface area contributed by atoms with E-state index in [0.717, 1.165) is 23.3 Å². The Morgan fingerprint density at radius 3 is 2.09 bits per heavy atom. The van der Waals surface area contributed by atoms with Crippen molar-refractivity contribution < 1.29 is 57.3 Å². The molecule has 1 saturated heterocycles. The summed E-state index contributed by atoms with van der Waals surface area (Å²) in [6, 6.07) is 22.5. The van der Waals surface area contributed by atoms with Crippen molar-refractivity contribution in [2.75, 3.05) is 75.3 Å². The summed E-state index contributed by atoms with van der Waals surface area (Å²) in [5, 5.41) is 13.7. The Morgan fingerprint density at radius 2 is 1.37 bits per heavy atom. The molecular formula is C48H49N7O12. The number of anilines is 3. The lowest BCUT2D eigenvalue weighted by atomic mass is 10.0. The van der Waals surface area contributed by atoms with E-state index < -0.39 is 29.7 Å². The van der Waals surface area contributed by atoms with Gasteiger partial charge in [-0.25, -0.2) is 0 Å². The maximum absolute atomic E-state index is 13.5. The van der Waals surface area contributed by atoms with Crippen LogP contribution in [0.4, 0.5) is 17.1 Å². The summed E-state index contributed by atoms with van der Waals surface area (Å²) >= 11 is 0. The lowest BCUT2D eigenvalue weighted by Gasteiger charge is -2.27. The highest BCUT2D eigenvalue weighted by Crippen LogP contribution is 2.34. The third-order valence-electron chi connectivity index (χ3n) is 11.4. The fourth-order valence-electron chi connectivity index (χ4n) is 7.79. The van der Waals surface area contributed by atoms with E-state index in [4.69, 9.17) is 18.9 Å². The lowest BCUT2D eigenvalue weighted by molar-refractivity contribution is -0.136. The smallest absolute Gasteiger partial charge is 0.264 e. The van der Waals surface area contributed by atoms with Crippen LogP contribution >= 0.6 is 0 Å². The third kappa shape index (κ3) is 11.3. The molecule has 8 rings (SSSR count). The molecule has 5 N–H and O–H groups in total. The quantitative estimate of drug-likeness (QED) is 0.0596. The number of benzene rings is 4. The van der Waals surface area contributed by atoms with E-state index in [0.29, 0.717) is 85.6 Å². The molecule has 1 saturated carbocycles. The molecule has 1 atom stereocenters. The standard InChI is InChI=1S/C48H49N7O12/c56-40-17-16-38(45(60)53-40)55-47(62)35-2-1-3-37(42(35)48(55)63)49-18-20-64-22-24-66-25-23-65-21-19-50-43(58)30-8-11-33(12-9-30)51-44(59)31-6-4-29(5-7-31)27-54(34-13-14-34)46(61)32-10-15-36-39(26-32)67-28-41(57)52-36/h1-12,15,26,34,38,49H,13-14,16-25,27-28H2,(H,50,58)(H,51,59)(H,52,57)(H,53,56,60). The topological polar surface area (TPSA) is 240 Å². The molecule has 8 amide bonds. The Kier molecular flexibility index (Phi) is 14.6. The van der Waals surface area contributed by atoms with Gasteiger partial charge in [0.15, 0.2) is 6.61 Å². The molecule has 4 aromatic carbocycles. The van der Waals surface area contributed by atoms with Crippen LogP contribution in [0, 0.1) is 0 Å². The number of hydrogen-bond donors (Lipinski definition) is 5. The Hall–Kier alpha value is -7.48. The Labute approximate surface area is 384 Å². The van der Waals surface area contributed by atoms with E-state index in [1.54, 1.807) is 66.7 Å². The normalized spacial score (nSPS) is 16.3. The van der Waals surface area contributed by atoms with Gasteiger partial charge in [0.1, 0.15) is 11.8 Å². The second-order valence-electron chi connectivity index (χ2n) is 16.1. The first-order valence-electron chi connectivity index (χ1n) is 22.0. The Balaban J connectivity index is 0.670. The number of fused-ring (bicyclic) bond motifs is 2. The fourth-order valence-corrected chi connectivity index (χ4v) is 7.79. The number of imide groups is 2. The van der Waals surface area contributed by atoms with Gasteiger partial charge in [-0.15, -0.1) is 0 Å². The van der Waals surface area contributed by atoms with Gasteiger partial charge in [0.25, 0.3) is 35.4 Å². The van der Waals surface area contributed by atoms with Crippen LogP contribution in [0.2, 0.25) is 0 Å². The van der Waals surface area contributed by atoms with Crippen molar-refractivity contribution in [3.63, 3.8) is 0 Å². The molecule has 0 aromatic heterocycles. The molecule has 0 bridgehead atoms. The highest BCUT2D eigenvalue weighted by atomic mass is 16.5. The molecule has 67 heavy (non-hydrogen) atoms. The molecule has 1 unspecified atom stereocenters. The van der Waals surface area contributed by atoms with Crippen molar-refractivity contribution in [1.82, 2.24) is 20.4 Å². The number of hydrogen-bond acceptors (Lipinski definition) is 13. The molecule has 19 heteroatoms. The van der Waals surface area contributed by atoms with Gasteiger partial charge in [0.05, 0.1) is 56.5 Å². The van der Waals surface area contributed by atoms with Crippen LogP contribution in [0.3, 0.4) is 0 Å². The molecule has 19 nitrogen and oxygen atoms in total. The molecule has 348 valence electrons. The van der Waals surface area contributed by atoms with Crippen LogP contribution in [0.15, 0.2) is 84.9 Å². The highest BCUT2D eigenvalue weighted by molar-refractivity contribution is 6.25. The maximum atomic E-state index is 13.5. The van der Waals surface area contributed by atoms with E-state index in [-0.39, 0.29) is 73.4 Å². The van der Waals surface area contributed by atoms with E-state index in [9.17, 15) is 38.4 Å². The number of carbonyl (C=O) groups excluding carboxylic acids is 8. The summed E-state index contributed by atoms with van der Waals surface area (Å²) in [4.78, 5) is 104. The SMILES string of the molecule is O=C1CCC(N2C(=O)c3cccc(NCCOCCOCCOCCNC(=O)c4ccc(NC(=O)c5ccc(CN(C(=O)c6ccc7c(c6)OCC(=O)N7)C6CC6)cc5)cc4)c3C2=O)C(=O)N1. The lowest BCUT2D eigenvalue weighted by Crippen LogP contribution is -2.54. The first-order chi connectivity index (χ1) is 32.5. The molecule has 0 spiro atoms. The van der Waals surface area contributed by atoms with Crippen LogP contribution in [-0.4, -0.2) is 128 Å². The van der Waals surface area contributed by atoms with Crippen LogP contribution in [-0.2, 0) is 35.1 Å². The summed E-state index contributed by atoms with van der Waals surface area (Å²) < 4.78 is 22.2. The van der Waals surface area contributed by atoms with Gasteiger partial charge < -0.3 is 45.1 Å². The minimum Gasteiger partial charge on any atom is -0.482 e. The number of piperidine rings is 1. The Morgan fingerprint density at radius 1 is 0.701 bits per heavy atom. The number of rotatable bonds is 21. The average molecular weight is 916 g/mol. The van der Waals surface area contributed by atoms with Gasteiger partial charge in [-0.3, -0.25) is 48.6 Å². The molecule has 3 heterocycles. The molecule has 4 aromatic rings. The minimum absolute atomic E-state index is 0.0445. The maximum Gasteiger partial charge on any atom is 0.264 e. The van der Waals surface area contributed by atoms with Gasteiger partial charge >= 0.3 is 0 Å². The fraction of sp³-hybridized carbons (Fsp3) is 0.333. The molecular weight excluding hydrogens is 867 g/mol. The van der Waals surface area contributed by atoms with Crippen molar-refractivity contribution in [3.05, 3.63) is 118 Å². The molecule has 4 aliphatic rings. The molecule has 1 aliphatic carbocycles. The monoisotopic (exact) mass is 915 g/mol. The van der Waals surface area contributed by atoms with Crippen LogP contribution in [0.1, 0.15) is 83.0 Å². The van der Waals surface area contributed by atoms with Crippen LogP contribution in [0.25, 0.3) is 0 Å². The van der Waals surface area contributed by atoms with Gasteiger partial charge in [-0.05, 0) is 91.6 Å². The van der Waals surface area contributed by atoms with Crippen molar-refractivity contribution in [2.24, 2.45) is 0 Å². The second kappa shape index (κ2) is 21.2. The zero-order valence-corrected chi connectivity index (χ0v) is 36.4. The zero-order valence-electron chi connectivity index (χ0n) is 36.4. The summed E-state index contributed by atoms with van der Waals surface area (Å²) in [6.45, 7) is 2.72. The number of amides is 8. The number of nitrogens with zero attached hydrogens (tertiary/aromatic N) is 2. The van der Waals surface area contributed by atoms with E-state index in [1.807, 2.05) is 17.0 Å². The average Bonchev–Trinajstić information content (AvgIpc) is 4.14. The van der Waals surface area contributed by atoms with Gasteiger partial charge in [0, 0.05) is 60.2 Å². The minimum atomic E-state index is -1.04. The Bertz CT molecular complexity index is 2560. The zero-order chi connectivity index (χ0) is 46.9. The predicted molar refractivity (Wildman–Crippen MR) is 241 cm³/mol. The van der Waals surface area contributed by atoms with Gasteiger partial charge in [0.2, 0.25) is 11.8 Å². The van der Waals surface area contributed by atoms with Crippen molar-refractivity contribution in [3.8, 4) is 5.75 Å². The van der Waals surface area contributed by atoms with Crippen LogP contribution in [0.5, 0.6) is 5.75 Å². The number of carbonyl (C=O) groups is 8. The number of ether oxygens (including phenoxy) is 4. The largest absolute Gasteiger partial charge is 0.482 e. The van der Waals surface area contributed by atoms with Gasteiger partial charge in [-0.1, -0.05) is 18.2 Å². The number of nitrogens with one attached hydrogen (secondary N) is 5. The second-order valence-corrected chi connectivity index (χ2v) is 16.1. The van der Waals surface area contributed by atoms with Gasteiger partial charge in [-0.2, -0.15) is 0 Å². The predicted octanol–water partition coefficient (Wildman–Crippen LogP) is 3.37. The highest BCUT2D eigenvalue weighted by Gasteiger charge is 2.45. The van der Waals surface area contributed by atoms with Crippen LogP contribution < -0.4 is 31.3 Å².